The van der Waals surface area contributed by atoms with Crippen LogP contribution in [0.5, 0.6) is 0 Å². The van der Waals surface area contributed by atoms with Crippen molar-refractivity contribution in [3.05, 3.63) is 102 Å². The number of benzene rings is 2. The molecule has 0 saturated carbocycles. The summed E-state index contributed by atoms with van der Waals surface area (Å²) in [7, 11) is 3.55. The third kappa shape index (κ3) is 7.47. The van der Waals surface area contributed by atoms with Crippen LogP contribution in [0.1, 0.15) is 16.8 Å². The Hall–Kier alpha value is -3.64. The Bertz CT molecular complexity index is 1040. The molecule has 0 unspecified atom stereocenters. The van der Waals surface area contributed by atoms with Crippen LogP contribution in [0.2, 0.25) is 0 Å². The van der Waals surface area contributed by atoms with Gasteiger partial charge in [0.15, 0.2) is 0 Å². The molecule has 172 valence electrons. The molecule has 0 fully saturated rings. The monoisotopic (exact) mass is 445 g/mol. The molecule has 3 aromatic rings. The number of ether oxygens (including phenoxy) is 1. The van der Waals surface area contributed by atoms with Crippen LogP contribution in [0, 0.1) is 0 Å². The molecule has 0 aliphatic carbocycles. The molecule has 0 aliphatic heterocycles. The number of amides is 2. The molecule has 3 rings (SSSR count). The van der Waals surface area contributed by atoms with Crippen LogP contribution in [-0.4, -0.2) is 53.0 Å². The summed E-state index contributed by atoms with van der Waals surface area (Å²) in [4.78, 5) is 29.6. The van der Waals surface area contributed by atoms with Gasteiger partial charge < -0.3 is 19.1 Å². The Morgan fingerprint density at radius 3 is 2.24 bits per heavy atom. The molecule has 6 heteroatoms. The van der Waals surface area contributed by atoms with Gasteiger partial charge in [0.2, 0.25) is 11.8 Å². The highest BCUT2D eigenvalue weighted by Crippen LogP contribution is 2.12. The van der Waals surface area contributed by atoms with E-state index in [4.69, 9.17) is 4.74 Å². The lowest BCUT2D eigenvalue weighted by Crippen LogP contribution is -2.43. The van der Waals surface area contributed by atoms with Gasteiger partial charge in [-0.3, -0.25) is 9.59 Å². The van der Waals surface area contributed by atoms with Crippen molar-refractivity contribution in [3.8, 4) is 0 Å². The number of aryl methyl sites for hydroxylation is 1. The molecule has 1 heterocycles. The maximum atomic E-state index is 13.4. The van der Waals surface area contributed by atoms with E-state index in [0.29, 0.717) is 26.2 Å². The van der Waals surface area contributed by atoms with Crippen molar-refractivity contribution in [2.75, 3.05) is 26.8 Å². The second-order valence-corrected chi connectivity index (χ2v) is 7.84. The molecule has 0 radical (unpaired) electrons. The van der Waals surface area contributed by atoms with E-state index in [2.05, 4.69) is 0 Å². The summed E-state index contributed by atoms with van der Waals surface area (Å²) >= 11 is 0. The first-order valence-electron chi connectivity index (χ1n) is 11.0. The van der Waals surface area contributed by atoms with Crippen LogP contribution in [0.15, 0.2) is 85.1 Å². The van der Waals surface area contributed by atoms with Crippen molar-refractivity contribution < 1.29 is 14.3 Å². The third-order valence-electron chi connectivity index (χ3n) is 5.39. The zero-order valence-electron chi connectivity index (χ0n) is 19.3. The first kappa shape index (κ1) is 24.0. The molecule has 0 saturated heterocycles. The first-order valence-corrected chi connectivity index (χ1v) is 11.0. The number of carbonyl (C=O) groups excluding carboxylic acids is 2. The van der Waals surface area contributed by atoms with E-state index in [1.807, 2.05) is 90.6 Å². The fourth-order valence-corrected chi connectivity index (χ4v) is 3.46. The summed E-state index contributed by atoms with van der Waals surface area (Å²) in [5.74, 6) is -0.333. The molecule has 33 heavy (non-hydrogen) atoms. The van der Waals surface area contributed by atoms with Crippen molar-refractivity contribution in [2.24, 2.45) is 7.05 Å². The van der Waals surface area contributed by atoms with Crippen molar-refractivity contribution in [3.63, 3.8) is 0 Å². The number of hydrogen-bond donors (Lipinski definition) is 0. The fourth-order valence-electron chi connectivity index (χ4n) is 3.46. The molecule has 0 atom stereocenters. The lowest BCUT2D eigenvalue weighted by molar-refractivity contribution is -0.139. The van der Waals surface area contributed by atoms with Gasteiger partial charge in [-0.25, -0.2) is 0 Å². The summed E-state index contributed by atoms with van der Waals surface area (Å²) in [5, 5.41) is 0. The van der Waals surface area contributed by atoms with Gasteiger partial charge >= 0.3 is 0 Å². The molecule has 0 spiro atoms. The van der Waals surface area contributed by atoms with Crippen LogP contribution >= 0.6 is 0 Å². The highest BCUT2D eigenvalue weighted by Gasteiger charge is 2.21. The highest BCUT2D eigenvalue weighted by atomic mass is 16.5. The number of hydrogen-bond acceptors (Lipinski definition) is 3. The van der Waals surface area contributed by atoms with Crippen LogP contribution in [0.4, 0.5) is 0 Å². The molecular formula is C27H31N3O3. The summed E-state index contributed by atoms with van der Waals surface area (Å²) < 4.78 is 7.18. The average molecular weight is 446 g/mol. The highest BCUT2D eigenvalue weighted by molar-refractivity contribution is 5.94. The van der Waals surface area contributed by atoms with Crippen molar-refractivity contribution in [2.45, 2.75) is 13.1 Å². The van der Waals surface area contributed by atoms with E-state index < -0.39 is 0 Å². The van der Waals surface area contributed by atoms with Gasteiger partial charge in [-0.05, 0) is 29.3 Å². The lowest BCUT2D eigenvalue weighted by atomic mass is 10.2. The summed E-state index contributed by atoms with van der Waals surface area (Å²) in [6.07, 6.45) is 5.23. The molecule has 6 nitrogen and oxygen atoms in total. The Balaban J connectivity index is 1.75. The van der Waals surface area contributed by atoms with Gasteiger partial charge in [0, 0.05) is 45.2 Å². The minimum Gasteiger partial charge on any atom is -0.383 e. The SMILES string of the molecule is COCCN(CC(=O)N(Cc1ccccc1)Cc1cccn1C)C(=O)C=Cc1ccccc1. The molecule has 2 aromatic carbocycles. The maximum absolute atomic E-state index is 13.4. The quantitative estimate of drug-likeness (QED) is 0.423. The van der Waals surface area contributed by atoms with E-state index in [1.54, 1.807) is 18.1 Å². The molecule has 0 bridgehead atoms. The smallest absolute Gasteiger partial charge is 0.247 e. The number of nitrogens with zero attached hydrogens (tertiary/aromatic N) is 3. The number of methoxy groups -OCH3 is 1. The van der Waals surface area contributed by atoms with Crippen molar-refractivity contribution >= 4 is 17.9 Å². The van der Waals surface area contributed by atoms with Gasteiger partial charge in [0.05, 0.1) is 13.2 Å². The van der Waals surface area contributed by atoms with Gasteiger partial charge in [-0.15, -0.1) is 0 Å². The van der Waals surface area contributed by atoms with Crippen LogP contribution in [-0.2, 0) is 34.5 Å². The number of rotatable bonds is 11. The van der Waals surface area contributed by atoms with E-state index in [0.717, 1.165) is 16.8 Å². The lowest BCUT2D eigenvalue weighted by Gasteiger charge is -2.27. The number of carbonyl (C=O) groups is 2. The topological polar surface area (TPSA) is 54.8 Å². The predicted octanol–water partition coefficient (Wildman–Crippen LogP) is 3.74. The summed E-state index contributed by atoms with van der Waals surface area (Å²) in [6.45, 7) is 1.61. The first-order chi connectivity index (χ1) is 16.1. The van der Waals surface area contributed by atoms with Gasteiger partial charge in [0.1, 0.15) is 6.54 Å². The number of aromatic nitrogens is 1. The van der Waals surface area contributed by atoms with Crippen molar-refractivity contribution in [1.29, 1.82) is 0 Å². The van der Waals surface area contributed by atoms with Crippen LogP contribution in [0.3, 0.4) is 0 Å². The van der Waals surface area contributed by atoms with Crippen LogP contribution in [0.25, 0.3) is 6.08 Å². The summed E-state index contributed by atoms with van der Waals surface area (Å²) in [6, 6.07) is 23.5. The molecule has 0 N–H and O–H groups in total. The van der Waals surface area contributed by atoms with E-state index in [1.165, 1.54) is 11.0 Å². The zero-order valence-corrected chi connectivity index (χ0v) is 19.3. The van der Waals surface area contributed by atoms with E-state index in [9.17, 15) is 9.59 Å². The minimum absolute atomic E-state index is 0.0153. The Morgan fingerprint density at radius 2 is 1.61 bits per heavy atom. The minimum atomic E-state index is -0.220. The second-order valence-electron chi connectivity index (χ2n) is 7.84. The fraction of sp³-hybridized carbons (Fsp3) is 0.259. The second kappa shape index (κ2) is 12.4. The Morgan fingerprint density at radius 1 is 0.909 bits per heavy atom. The predicted molar refractivity (Wildman–Crippen MR) is 130 cm³/mol. The third-order valence-corrected chi connectivity index (χ3v) is 5.39. The normalized spacial score (nSPS) is 11.0. The Labute approximate surface area is 195 Å². The van der Waals surface area contributed by atoms with Gasteiger partial charge in [-0.1, -0.05) is 60.7 Å². The summed E-state index contributed by atoms with van der Waals surface area (Å²) in [5.41, 5.74) is 3.00. The molecular weight excluding hydrogens is 414 g/mol. The Kier molecular flexibility index (Phi) is 9.03. The van der Waals surface area contributed by atoms with Gasteiger partial charge in [-0.2, -0.15) is 0 Å². The molecule has 2 amide bonds. The van der Waals surface area contributed by atoms with E-state index >= 15 is 0 Å². The molecule has 0 aliphatic rings. The van der Waals surface area contributed by atoms with Crippen molar-refractivity contribution in [1.82, 2.24) is 14.4 Å². The van der Waals surface area contributed by atoms with E-state index in [-0.39, 0.29) is 18.4 Å². The standard InChI is InChI=1S/C27H31N3O3/c1-28-17-9-14-25(28)21-30(20-24-12-7-4-8-13-24)27(32)22-29(18-19-33-2)26(31)16-15-23-10-5-3-6-11-23/h3-17H,18-22H2,1-2H3. The average Bonchev–Trinajstić information content (AvgIpc) is 3.25. The molecule has 1 aromatic heterocycles. The van der Waals surface area contributed by atoms with Crippen LogP contribution < -0.4 is 0 Å². The zero-order chi connectivity index (χ0) is 23.5. The van der Waals surface area contributed by atoms with Gasteiger partial charge in [0.25, 0.3) is 0 Å². The largest absolute Gasteiger partial charge is 0.383 e. The maximum Gasteiger partial charge on any atom is 0.247 e.